The molecule has 0 fully saturated rings. The van der Waals surface area contributed by atoms with Crippen molar-refractivity contribution < 1.29 is 13.9 Å². The first-order valence-electron chi connectivity index (χ1n) is 5.17. The Kier molecular flexibility index (Phi) is 3.72. The molecule has 2 N–H and O–H groups in total. The minimum Gasteiger partial charge on any atom is -0.494 e. The molecule has 0 saturated carbocycles. The molecule has 18 heavy (non-hydrogen) atoms. The summed E-state index contributed by atoms with van der Waals surface area (Å²) in [5.74, 6) is 1.14. The summed E-state index contributed by atoms with van der Waals surface area (Å²) in [4.78, 5) is 0. The number of nitrogens with two attached hydrogens (primary N) is 1. The van der Waals surface area contributed by atoms with Crippen molar-refractivity contribution in [1.82, 2.24) is 0 Å². The fourth-order valence-corrected chi connectivity index (χ4v) is 1.90. The van der Waals surface area contributed by atoms with Crippen LogP contribution in [0.4, 0.5) is 10.1 Å². The van der Waals surface area contributed by atoms with E-state index in [9.17, 15) is 4.39 Å². The van der Waals surface area contributed by atoms with Crippen molar-refractivity contribution in [1.29, 1.82) is 0 Å². The van der Waals surface area contributed by atoms with Gasteiger partial charge in [0.1, 0.15) is 23.0 Å². The van der Waals surface area contributed by atoms with Crippen LogP contribution in [0.5, 0.6) is 17.2 Å². The second kappa shape index (κ2) is 5.27. The summed E-state index contributed by atoms with van der Waals surface area (Å²) >= 11 is 3.23. The van der Waals surface area contributed by atoms with Crippen LogP contribution in [0.25, 0.3) is 0 Å². The lowest BCUT2D eigenvalue weighted by Crippen LogP contribution is -1.96. The number of ether oxygens (including phenoxy) is 2. The molecule has 3 nitrogen and oxygen atoms in total. The Morgan fingerprint density at radius 3 is 2.50 bits per heavy atom. The molecule has 0 bridgehead atoms. The highest BCUT2D eigenvalue weighted by Crippen LogP contribution is 2.36. The molecule has 0 unspecified atom stereocenters. The summed E-state index contributed by atoms with van der Waals surface area (Å²) < 4.78 is 24.2. The topological polar surface area (TPSA) is 44.5 Å². The van der Waals surface area contributed by atoms with Gasteiger partial charge < -0.3 is 15.2 Å². The second-order valence-electron chi connectivity index (χ2n) is 3.55. The maximum absolute atomic E-state index is 13.0. The van der Waals surface area contributed by atoms with E-state index in [1.807, 2.05) is 0 Å². The number of rotatable bonds is 3. The van der Waals surface area contributed by atoms with E-state index in [1.54, 1.807) is 18.2 Å². The van der Waals surface area contributed by atoms with E-state index in [0.29, 0.717) is 27.4 Å². The molecule has 0 heterocycles. The molecule has 0 aromatic heterocycles. The Balaban J connectivity index is 2.34. The third kappa shape index (κ3) is 2.56. The lowest BCUT2D eigenvalue weighted by molar-refractivity contribution is 0.412. The average Bonchev–Trinajstić information content (AvgIpc) is 2.35. The molecule has 0 aliphatic rings. The summed E-state index contributed by atoms with van der Waals surface area (Å²) in [5.41, 5.74) is 6.28. The lowest BCUT2D eigenvalue weighted by atomic mass is 10.2. The van der Waals surface area contributed by atoms with E-state index < -0.39 is 0 Å². The lowest BCUT2D eigenvalue weighted by Gasteiger charge is -2.12. The Morgan fingerprint density at radius 2 is 1.83 bits per heavy atom. The third-order valence-corrected chi connectivity index (χ3v) is 2.98. The third-order valence-electron chi connectivity index (χ3n) is 2.36. The summed E-state index contributed by atoms with van der Waals surface area (Å²) in [6.07, 6.45) is 0. The predicted molar refractivity (Wildman–Crippen MR) is 71.6 cm³/mol. The molecular weight excluding hydrogens is 301 g/mol. The molecule has 0 radical (unpaired) electrons. The molecule has 0 amide bonds. The maximum Gasteiger partial charge on any atom is 0.154 e. The van der Waals surface area contributed by atoms with Crippen LogP contribution in [0, 0.1) is 5.82 Å². The van der Waals surface area contributed by atoms with Gasteiger partial charge in [0.25, 0.3) is 0 Å². The van der Waals surface area contributed by atoms with E-state index in [1.165, 1.54) is 25.3 Å². The van der Waals surface area contributed by atoms with Crippen LogP contribution >= 0.6 is 15.9 Å². The van der Waals surface area contributed by atoms with Crippen LogP contribution in [0.1, 0.15) is 0 Å². The molecule has 0 spiro atoms. The van der Waals surface area contributed by atoms with E-state index in [2.05, 4.69) is 15.9 Å². The first-order valence-corrected chi connectivity index (χ1v) is 5.96. The van der Waals surface area contributed by atoms with E-state index in [0.717, 1.165) is 0 Å². The van der Waals surface area contributed by atoms with Crippen LogP contribution in [0.2, 0.25) is 0 Å². The molecule has 5 heteroatoms. The molecule has 0 aliphatic heterocycles. The molecule has 94 valence electrons. The summed E-state index contributed by atoms with van der Waals surface area (Å²) in [6, 6.07) is 9.39. The van der Waals surface area contributed by atoms with Crippen molar-refractivity contribution in [3.05, 3.63) is 46.7 Å². The number of halogens is 2. The van der Waals surface area contributed by atoms with Crippen LogP contribution < -0.4 is 15.2 Å². The van der Waals surface area contributed by atoms with Gasteiger partial charge >= 0.3 is 0 Å². The van der Waals surface area contributed by atoms with Gasteiger partial charge in [-0.15, -0.1) is 0 Å². The van der Waals surface area contributed by atoms with Crippen molar-refractivity contribution in [2.45, 2.75) is 0 Å². The van der Waals surface area contributed by atoms with Gasteiger partial charge in [0.2, 0.25) is 0 Å². The quantitative estimate of drug-likeness (QED) is 0.872. The van der Waals surface area contributed by atoms with Gasteiger partial charge in [-0.3, -0.25) is 0 Å². The van der Waals surface area contributed by atoms with Gasteiger partial charge in [-0.2, -0.15) is 0 Å². The van der Waals surface area contributed by atoms with Crippen molar-refractivity contribution in [2.75, 3.05) is 12.8 Å². The Hall–Kier alpha value is -1.75. The molecule has 2 rings (SSSR count). The van der Waals surface area contributed by atoms with Crippen molar-refractivity contribution in [2.24, 2.45) is 0 Å². The Labute approximate surface area is 112 Å². The monoisotopic (exact) mass is 311 g/mol. The molecule has 0 atom stereocenters. The van der Waals surface area contributed by atoms with Crippen LogP contribution in [0.3, 0.4) is 0 Å². The SMILES string of the molecule is COc1cccc(Oc2ccc(F)cc2Br)c1N. The highest BCUT2D eigenvalue weighted by molar-refractivity contribution is 9.10. The first kappa shape index (κ1) is 12.7. The normalized spacial score (nSPS) is 10.2. The number of anilines is 1. The minimum atomic E-state index is -0.340. The van der Waals surface area contributed by atoms with Crippen LogP contribution in [0.15, 0.2) is 40.9 Å². The van der Waals surface area contributed by atoms with Gasteiger partial charge in [-0.25, -0.2) is 4.39 Å². The summed E-state index contributed by atoms with van der Waals surface area (Å²) in [7, 11) is 1.53. The number of hydrogen-bond donors (Lipinski definition) is 1. The average molecular weight is 312 g/mol. The number of benzene rings is 2. The van der Waals surface area contributed by atoms with Crippen molar-refractivity contribution >= 4 is 21.6 Å². The highest BCUT2D eigenvalue weighted by Gasteiger charge is 2.09. The molecule has 0 aliphatic carbocycles. The zero-order valence-electron chi connectivity index (χ0n) is 9.61. The van der Waals surface area contributed by atoms with Crippen molar-refractivity contribution in [3.8, 4) is 17.2 Å². The molecule has 2 aromatic carbocycles. The molecule has 0 saturated heterocycles. The van der Waals surface area contributed by atoms with Crippen LogP contribution in [-0.2, 0) is 0 Å². The fourth-order valence-electron chi connectivity index (χ4n) is 1.47. The number of para-hydroxylation sites is 1. The summed E-state index contributed by atoms with van der Waals surface area (Å²) in [5, 5.41) is 0. The first-order chi connectivity index (χ1) is 8.61. The smallest absolute Gasteiger partial charge is 0.154 e. The Bertz CT molecular complexity index is 575. The standard InChI is InChI=1S/C13H11BrFNO2/c1-17-11-3-2-4-12(13(11)16)18-10-6-5-8(15)7-9(10)14/h2-7H,16H2,1H3. The maximum atomic E-state index is 13.0. The second-order valence-corrected chi connectivity index (χ2v) is 4.40. The van der Waals surface area contributed by atoms with Crippen molar-refractivity contribution in [3.63, 3.8) is 0 Å². The number of methoxy groups -OCH3 is 1. The predicted octanol–water partition coefficient (Wildman–Crippen LogP) is 3.97. The van der Waals surface area contributed by atoms with Crippen LogP contribution in [-0.4, -0.2) is 7.11 Å². The highest BCUT2D eigenvalue weighted by atomic mass is 79.9. The van der Waals surface area contributed by atoms with E-state index in [-0.39, 0.29) is 5.82 Å². The summed E-state index contributed by atoms with van der Waals surface area (Å²) in [6.45, 7) is 0. The number of hydrogen-bond acceptors (Lipinski definition) is 3. The number of nitrogen functional groups attached to an aromatic ring is 1. The van der Waals surface area contributed by atoms with E-state index >= 15 is 0 Å². The van der Waals surface area contributed by atoms with Gasteiger partial charge in [-0.1, -0.05) is 6.07 Å². The zero-order valence-corrected chi connectivity index (χ0v) is 11.2. The van der Waals surface area contributed by atoms with Gasteiger partial charge in [-0.05, 0) is 46.3 Å². The fraction of sp³-hybridized carbons (Fsp3) is 0.0769. The zero-order chi connectivity index (χ0) is 13.1. The van der Waals surface area contributed by atoms with Gasteiger partial charge in [0.05, 0.1) is 11.6 Å². The Morgan fingerprint density at radius 1 is 1.11 bits per heavy atom. The minimum absolute atomic E-state index is 0.340. The largest absolute Gasteiger partial charge is 0.494 e. The van der Waals surface area contributed by atoms with E-state index in [4.69, 9.17) is 15.2 Å². The van der Waals surface area contributed by atoms with Gasteiger partial charge in [0.15, 0.2) is 5.75 Å². The van der Waals surface area contributed by atoms with Gasteiger partial charge in [0, 0.05) is 0 Å². The molecule has 2 aromatic rings. The molecular formula is C13H11BrFNO2.